The van der Waals surface area contributed by atoms with Crippen LogP contribution in [0.4, 0.5) is 11.6 Å². The number of anilines is 2. The van der Waals surface area contributed by atoms with Gasteiger partial charge >= 0.3 is 0 Å². The monoisotopic (exact) mass is 512 g/mol. The number of aromatic nitrogens is 3. The van der Waals surface area contributed by atoms with Crippen LogP contribution in [0.25, 0.3) is 0 Å². The van der Waals surface area contributed by atoms with Crippen LogP contribution in [0.15, 0.2) is 34.6 Å². The van der Waals surface area contributed by atoms with Crippen molar-refractivity contribution in [3.05, 3.63) is 24.7 Å². The molecule has 3 saturated heterocycles. The van der Waals surface area contributed by atoms with E-state index in [0.717, 1.165) is 86.0 Å². The highest BCUT2D eigenvalue weighted by molar-refractivity contribution is 7.99. The van der Waals surface area contributed by atoms with E-state index in [9.17, 15) is 0 Å². The summed E-state index contributed by atoms with van der Waals surface area (Å²) < 4.78 is 17.8. The lowest BCUT2D eigenvalue weighted by atomic mass is 9.73. The normalized spacial score (nSPS) is 28.8. The number of hydrogen-bond acceptors (Lipinski definition) is 10. The second-order valence-corrected chi connectivity index (χ2v) is 11.6. The van der Waals surface area contributed by atoms with Crippen molar-refractivity contribution in [3.63, 3.8) is 0 Å². The molecule has 0 amide bonds. The maximum atomic E-state index is 6.47. The Labute approximate surface area is 217 Å². The van der Waals surface area contributed by atoms with E-state index in [1.54, 1.807) is 11.8 Å². The quantitative estimate of drug-likeness (QED) is 0.622. The first-order chi connectivity index (χ1) is 17.6. The SMILES string of the molecule is CCOC[C@H]1C[C@H]2COc3c(Sc4cnc(N5CCC6(CC5)CO[C@@H](C)[C@H]6N)cn4)ccnc3N2C1. The van der Waals surface area contributed by atoms with Crippen LogP contribution in [0, 0.1) is 11.3 Å². The largest absolute Gasteiger partial charge is 0.486 e. The molecular weight excluding hydrogens is 476 g/mol. The number of hydrogen-bond donors (Lipinski definition) is 1. The van der Waals surface area contributed by atoms with Gasteiger partial charge in [0.25, 0.3) is 0 Å². The second kappa shape index (κ2) is 9.96. The van der Waals surface area contributed by atoms with E-state index in [1.165, 1.54) is 0 Å². The van der Waals surface area contributed by atoms with Gasteiger partial charge in [-0.15, -0.1) is 0 Å². The van der Waals surface area contributed by atoms with Crippen molar-refractivity contribution in [2.45, 2.75) is 61.2 Å². The second-order valence-electron chi connectivity index (χ2n) is 10.5. The average molecular weight is 513 g/mol. The summed E-state index contributed by atoms with van der Waals surface area (Å²) in [5.74, 6) is 3.23. The van der Waals surface area contributed by atoms with Gasteiger partial charge in [-0.3, -0.25) is 0 Å². The Bertz CT molecular complexity index is 1060. The van der Waals surface area contributed by atoms with Gasteiger partial charge in [-0.2, -0.15) is 0 Å². The third-order valence-corrected chi connectivity index (χ3v) is 9.32. The molecule has 10 heteroatoms. The van der Waals surface area contributed by atoms with Crippen LogP contribution in [0.2, 0.25) is 0 Å². The summed E-state index contributed by atoms with van der Waals surface area (Å²) in [5, 5.41) is 0.849. The van der Waals surface area contributed by atoms with Gasteiger partial charge in [-0.05, 0) is 39.2 Å². The van der Waals surface area contributed by atoms with Crippen LogP contribution in [0.1, 0.15) is 33.1 Å². The number of piperidine rings is 1. The van der Waals surface area contributed by atoms with Gasteiger partial charge in [0.1, 0.15) is 17.5 Å². The van der Waals surface area contributed by atoms with Gasteiger partial charge in [-0.1, -0.05) is 11.8 Å². The van der Waals surface area contributed by atoms with E-state index in [1.807, 2.05) is 31.6 Å². The molecule has 1 spiro atoms. The topological polar surface area (TPSA) is 98.9 Å². The molecule has 6 rings (SSSR count). The maximum Gasteiger partial charge on any atom is 0.175 e. The van der Waals surface area contributed by atoms with Gasteiger partial charge in [-0.25, -0.2) is 15.0 Å². The van der Waals surface area contributed by atoms with Crippen LogP contribution in [-0.2, 0) is 9.47 Å². The van der Waals surface area contributed by atoms with Crippen LogP contribution in [0.3, 0.4) is 0 Å². The molecule has 4 aliphatic rings. The zero-order valence-electron chi connectivity index (χ0n) is 21.1. The summed E-state index contributed by atoms with van der Waals surface area (Å²) in [6, 6.07) is 2.49. The van der Waals surface area contributed by atoms with Gasteiger partial charge in [0.05, 0.1) is 42.6 Å². The lowest BCUT2D eigenvalue weighted by molar-refractivity contribution is 0.0974. The number of pyridine rings is 1. The van der Waals surface area contributed by atoms with Crippen molar-refractivity contribution < 1.29 is 14.2 Å². The van der Waals surface area contributed by atoms with Crippen molar-refractivity contribution in [2.75, 3.05) is 55.9 Å². The summed E-state index contributed by atoms with van der Waals surface area (Å²) in [6.07, 6.45) is 8.90. The molecule has 2 N–H and O–H groups in total. The van der Waals surface area contributed by atoms with Crippen LogP contribution in [-0.4, -0.2) is 79.2 Å². The van der Waals surface area contributed by atoms with E-state index >= 15 is 0 Å². The molecular formula is C26H36N6O3S. The predicted octanol–water partition coefficient (Wildman–Crippen LogP) is 2.98. The van der Waals surface area contributed by atoms with E-state index in [0.29, 0.717) is 18.6 Å². The summed E-state index contributed by atoms with van der Waals surface area (Å²) >= 11 is 1.58. The minimum absolute atomic E-state index is 0.108. The Morgan fingerprint density at radius 2 is 2.08 bits per heavy atom. The lowest BCUT2D eigenvalue weighted by Gasteiger charge is -2.41. The molecule has 36 heavy (non-hydrogen) atoms. The zero-order chi connectivity index (χ0) is 24.7. The molecule has 0 aliphatic carbocycles. The highest BCUT2D eigenvalue weighted by Gasteiger charge is 2.47. The molecule has 0 radical (unpaired) electrons. The van der Waals surface area contributed by atoms with Crippen LogP contribution >= 0.6 is 11.8 Å². The van der Waals surface area contributed by atoms with Gasteiger partial charge < -0.3 is 29.7 Å². The minimum atomic E-state index is 0.108. The summed E-state index contributed by atoms with van der Waals surface area (Å²) in [5.41, 5.74) is 6.58. The molecule has 194 valence electrons. The smallest absolute Gasteiger partial charge is 0.175 e. The summed E-state index contributed by atoms with van der Waals surface area (Å²) in [7, 11) is 0. The summed E-state index contributed by atoms with van der Waals surface area (Å²) in [4.78, 5) is 19.9. The first kappa shape index (κ1) is 24.2. The van der Waals surface area contributed by atoms with E-state index < -0.39 is 0 Å². The molecule has 0 aromatic carbocycles. The highest BCUT2D eigenvalue weighted by Crippen LogP contribution is 2.45. The first-order valence-electron chi connectivity index (χ1n) is 13.1. The van der Waals surface area contributed by atoms with Crippen molar-refractivity contribution in [2.24, 2.45) is 17.1 Å². The molecule has 9 nitrogen and oxygen atoms in total. The van der Waals surface area contributed by atoms with Gasteiger partial charge in [0.2, 0.25) is 0 Å². The molecule has 0 saturated carbocycles. The number of rotatable bonds is 6. The Morgan fingerprint density at radius 1 is 1.22 bits per heavy atom. The molecule has 6 heterocycles. The molecule has 0 unspecified atom stereocenters. The molecule has 2 aromatic rings. The van der Waals surface area contributed by atoms with E-state index in [4.69, 9.17) is 29.9 Å². The number of fused-ring (bicyclic) bond motifs is 3. The molecule has 4 atom stereocenters. The highest BCUT2D eigenvalue weighted by atomic mass is 32.2. The average Bonchev–Trinajstić information content (AvgIpc) is 3.45. The summed E-state index contributed by atoms with van der Waals surface area (Å²) in [6.45, 7) is 9.96. The van der Waals surface area contributed by atoms with Gasteiger partial charge in [0, 0.05) is 49.8 Å². The maximum absolute atomic E-state index is 6.47. The number of ether oxygens (including phenoxy) is 3. The Morgan fingerprint density at radius 3 is 2.81 bits per heavy atom. The minimum Gasteiger partial charge on any atom is -0.486 e. The zero-order valence-corrected chi connectivity index (χ0v) is 22.0. The molecule has 0 bridgehead atoms. The van der Waals surface area contributed by atoms with Crippen molar-refractivity contribution in [1.29, 1.82) is 0 Å². The van der Waals surface area contributed by atoms with Crippen LogP contribution in [0.5, 0.6) is 5.75 Å². The van der Waals surface area contributed by atoms with Crippen LogP contribution < -0.4 is 20.3 Å². The lowest BCUT2D eigenvalue weighted by Crippen LogP contribution is -2.50. The third kappa shape index (κ3) is 4.42. The Hall–Kier alpha value is -2.14. The van der Waals surface area contributed by atoms with E-state index in [2.05, 4.69) is 21.7 Å². The van der Waals surface area contributed by atoms with E-state index in [-0.39, 0.29) is 17.6 Å². The van der Waals surface area contributed by atoms with Crippen molar-refractivity contribution in [3.8, 4) is 5.75 Å². The third-order valence-electron chi connectivity index (χ3n) is 8.36. The fourth-order valence-corrected chi connectivity index (χ4v) is 6.96. The Kier molecular flexibility index (Phi) is 6.70. The molecule has 2 aromatic heterocycles. The number of nitrogens with two attached hydrogens (primary N) is 1. The van der Waals surface area contributed by atoms with Crippen molar-refractivity contribution in [1.82, 2.24) is 15.0 Å². The van der Waals surface area contributed by atoms with Crippen molar-refractivity contribution >= 4 is 23.4 Å². The molecule has 3 fully saturated rings. The standard InChI is InChI=1S/C26H36N6O3S/c1-3-33-14-18-10-19-15-34-23-20(4-7-28-25(23)32(19)13-18)36-22-12-29-21(11-30-22)31-8-5-26(6-9-31)16-35-17(2)24(26)27/h4,7,11-12,17-19,24H,3,5-6,8-10,13-16,27H2,1-2H3/t17-,18-,19-,24+/m0/s1. The van der Waals surface area contributed by atoms with Gasteiger partial charge in [0.15, 0.2) is 11.6 Å². The number of nitrogens with zero attached hydrogens (tertiary/aromatic N) is 5. The first-order valence-corrected chi connectivity index (χ1v) is 14.0. The predicted molar refractivity (Wildman–Crippen MR) is 139 cm³/mol. The molecule has 4 aliphatic heterocycles. The fraction of sp³-hybridized carbons (Fsp3) is 0.654. The fourth-order valence-electron chi connectivity index (χ4n) is 6.15. The Balaban J connectivity index is 1.11.